The van der Waals surface area contributed by atoms with Crippen LogP contribution in [-0.2, 0) is 13.0 Å². The number of rotatable bonds is 4. The maximum absolute atomic E-state index is 12.5. The molecule has 0 aliphatic carbocycles. The number of nitrogens with one attached hydrogen (secondary N) is 1. The first kappa shape index (κ1) is 17.3. The van der Waals surface area contributed by atoms with Crippen molar-refractivity contribution in [1.82, 2.24) is 14.8 Å². The Hall–Kier alpha value is -3.15. The summed E-state index contributed by atoms with van der Waals surface area (Å²) in [5.74, 6) is 2.32. The second-order valence-corrected chi connectivity index (χ2v) is 6.63. The van der Waals surface area contributed by atoms with E-state index in [0.29, 0.717) is 11.3 Å². The molecule has 0 saturated heterocycles. The number of aryl methyl sites for hydroxylation is 1. The molecule has 138 valence electrons. The highest BCUT2D eigenvalue weighted by molar-refractivity contribution is 6.06. The van der Waals surface area contributed by atoms with Gasteiger partial charge in [0.25, 0.3) is 5.91 Å². The van der Waals surface area contributed by atoms with E-state index in [9.17, 15) is 4.79 Å². The number of anilines is 1. The SMILES string of the molecule is COc1ccccc1C(=O)Nc1ccc(-c2nnc3n2CCCCC3)cc1. The predicted molar refractivity (Wildman–Crippen MR) is 104 cm³/mol. The molecular formula is C21H22N4O2. The fraction of sp³-hybridized carbons (Fsp3) is 0.286. The van der Waals surface area contributed by atoms with Gasteiger partial charge >= 0.3 is 0 Å². The summed E-state index contributed by atoms with van der Waals surface area (Å²) in [5, 5.41) is 11.6. The van der Waals surface area contributed by atoms with Gasteiger partial charge in [0.2, 0.25) is 0 Å². The molecule has 4 rings (SSSR count). The van der Waals surface area contributed by atoms with E-state index in [0.717, 1.165) is 42.3 Å². The molecule has 0 bridgehead atoms. The van der Waals surface area contributed by atoms with Crippen LogP contribution in [0, 0.1) is 0 Å². The monoisotopic (exact) mass is 362 g/mol. The van der Waals surface area contributed by atoms with Gasteiger partial charge in [-0.05, 0) is 49.2 Å². The Morgan fingerprint density at radius 3 is 2.67 bits per heavy atom. The molecular weight excluding hydrogens is 340 g/mol. The number of aromatic nitrogens is 3. The van der Waals surface area contributed by atoms with Gasteiger partial charge in [-0.25, -0.2) is 0 Å². The second kappa shape index (κ2) is 7.61. The van der Waals surface area contributed by atoms with Crippen LogP contribution in [0.3, 0.4) is 0 Å². The Balaban J connectivity index is 1.53. The minimum Gasteiger partial charge on any atom is -0.496 e. The molecule has 1 aliphatic rings. The minimum absolute atomic E-state index is 0.198. The van der Waals surface area contributed by atoms with Crippen molar-refractivity contribution in [2.45, 2.75) is 32.2 Å². The number of benzene rings is 2. The zero-order valence-electron chi connectivity index (χ0n) is 15.3. The molecule has 1 aromatic heterocycles. The van der Waals surface area contributed by atoms with Crippen molar-refractivity contribution < 1.29 is 9.53 Å². The summed E-state index contributed by atoms with van der Waals surface area (Å²) >= 11 is 0. The van der Waals surface area contributed by atoms with Crippen LogP contribution in [-0.4, -0.2) is 27.8 Å². The number of nitrogens with zero attached hydrogens (tertiary/aromatic N) is 3. The van der Waals surface area contributed by atoms with Gasteiger partial charge in [-0.3, -0.25) is 4.79 Å². The lowest BCUT2D eigenvalue weighted by Gasteiger charge is -2.10. The number of para-hydroxylation sites is 1. The number of carbonyl (C=O) groups excluding carboxylic acids is 1. The number of carbonyl (C=O) groups is 1. The summed E-state index contributed by atoms with van der Waals surface area (Å²) in [4.78, 5) is 12.5. The van der Waals surface area contributed by atoms with Gasteiger partial charge < -0.3 is 14.6 Å². The van der Waals surface area contributed by atoms with Crippen molar-refractivity contribution in [2.75, 3.05) is 12.4 Å². The van der Waals surface area contributed by atoms with Crippen molar-refractivity contribution >= 4 is 11.6 Å². The molecule has 6 heteroatoms. The number of ether oxygens (including phenoxy) is 1. The zero-order valence-corrected chi connectivity index (χ0v) is 15.3. The molecule has 0 saturated carbocycles. The zero-order chi connectivity index (χ0) is 18.6. The van der Waals surface area contributed by atoms with Gasteiger partial charge in [-0.15, -0.1) is 10.2 Å². The van der Waals surface area contributed by atoms with Crippen LogP contribution in [0.4, 0.5) is 5.69 Å². The third-order valence-electron chi connectivity index (χ3n) is 4.86. The molecule has 2 aromatic carbocycles. The quantitative estimate of drug-likeness (QED) is 0.763. The standard InChI is InChI=1S/C21H22N4O2/c1-27-18-8-5-4-7-17(18)21(26)22-16-12-10-15(11-13-16)20-24-23-19-9-3-2-6-14-25(19)20/h4-5,7-8,10-13H,2-3,6,9,14H2,1H3,(H,22,26). The van der Waals surface area contributed by atoms with Crippen LogP contribution in [0.2, 0.25) is 0 Å². The lowest BCUT2D eigenvalue weighted by molar-refractivity contribution is 0.102. The Bertz CT molecular complexity index is 947. The lowest BCUT2D eigenvalue weighted by atomic mass is 10.1. The molecule has 3 aromatic rings. The third-order valence-corrected chi connectivity index (χ3v) is 4.86. The number of hydrogen-bond donors (Lipinski definition) is 1. The van der Waals surface area contributed by atoms with Crippen LogP contribution in [0.1, 0.15) is 35.4 Å². The van der Waals surface area contributed by atoms with Crippen LogP contribution in [0.15, 0.2) is 48.5 Å². The molecule has 0 unspecified atom stereocenters. The summed E-state index contributed by atoms with van der Waals surface area (Å²) in [5.41, 5.74) is 2.24. The van der Waals surface area contributed by atoms with Gasteiger partial charge in [0.1, 0.15) is 11.6 Å². The topological polar surface area (TPSA) is 69.0 Å². The Labute approximate surface area is 158 Å². The van der Waals surface area contributed by atoms with E-state index >= 15 is 0 Å². The summed E-state index contributed by atoms with van der Waals surface area (Å²) in [6, 6.07) is 14.9. The fourth-order valence-electron chi connectivity index (χ4n) is 3.43. The molecule has 2 heterocycles. The van der Waals surface area contributed by atoms with Crippen molar-refractivity contribution in [3.05, 3.63) is 59.9 Å². The van der Waals surface area contributed by atoms with Gasteiger partial charge in [0.15, 0.2) is 5.82 Å². The van der Waals surface area contributed by atoms with Crippen molar-refractivity contribution in [2.24, 2.45) is 0 Å². The first-order valence-corrected chi connectivity index (χ1v) is 9.23. The predicted octanol–water partition coefficient (Wildman–Crippen LogP) is 3.93. The Morgan fingerprint density at radius 2 is 1.85 bits per heavy atom. The van der Waals surface area contributed by atoms with E-state index in [4.69, 9.17) is 4.74 Å². The van der Waals surface area contributed by atoms with E-state index in [-0.39, 0.29) is 5.91 Å². The molecule has 0 atom stereocenters. The van der Waals surface area contributed by atoms with E-state index in [1.165, 1.54) is 12.8 Å². The molecule has 0 fully saturated rings. The average Bonchev–Trinajstić information content (AvgIpc) is 2.96. The highest BCUT2D eigenvalue weighted by atomic mass is 16.5. The van der Waals surface area contributed by atoms with Gasteiger partial charge in [0.05, 0.1) is 12.7 Å². The van der Waals surface area contributed by atoms with E-state index in [2.05, 4.69) is 20.1 Å². The highest BCUT2D eigenvalue weighted by Gasteiger charge is 2.16. The molecule has 0 radical (unpaired) electrons. The largest absolute Gasteiger partial charge is 0.496 e. The van der Waals surface area contributed by atoms with Crippen LogP contribution in [0.5, 0.6) is 5.75 Å². The number of fused-ring (bicyclic) bond motifs is 1. The normalized spacial score (nSPS) is 13.5. The second-order valence-electron chi connectivity index (χ2n) is 6.63. The lowest BCUT2D eigenvalue weighted by Crippen LogP contribution is -2.13. The average molecular weight is 362 g/mol. The van der Waals surface area contributed by atoms with Crippen molar-refractivity contribution in [1.29, 1.82) is 0 Å². The van der Waals surface area contributed by atoms with Gasteiger partial charge in [-0.2, -0.15) is 0 Å². The molecule has 1 aliphatic heterocycles. The van der Waals surface area contributed by atoms with E-state index in [1.54, 1.807) is 19.2 Å². The van der Waals surface area contributed by atoms with E-state index in [1.807, 2.05) is 36.4 Å². The minimum atomic E-state index is -0.198. The Morgan fingerprint density at radius 1 is 1.04 bits per heavy atom. The fourth-order valence-corrected chi connectivity index (χ4v) is 3.43. The summed E-state index contributed by atoms with van der Waals surface area (Å²) in [7, 11) is 1.56. The van der Waals surface area contributed by atoms with E-state index < -0.39 is 0 Å². The first-order valence-electron chi connectivity index (χ1n) is 9.23. The van der Waals surface area contributed by atoms with Gasteiger partial charge in [-0.1, -0.05) is 18.6 Å². The maximum Gasteiger partial charge on any atom is 0.259 e. The molecule has 1 N–H and O–H groups in total. The highest BCUT2D eigenvalue weighted by Crippen LogP contribution is 2.25. The van der Waals surface area contributed by atoms with Crippen LogP contribution >= 0.6 is 0 Å². The number of amides is 1. The number of methoxy groups -OCH3 is 1. The summed E-state index contributed by atoms with van der Waals surface area (Å²) in [6.07, 6.45) is 4.55. The maximum atomic E-state index is 12.5. The smallest absolute Gasteiger partial charge is 0.259 e. The molecule has 6 nitrogen and oxygen atoms in total. The summed E-state index contributed by atoms with van der Waals surface area (Å²) < 4.78 is 7.47. The molecule has 1 amide bonds. The molecule has 27 heavy (non-hydrogen) atoms. The number of hydrogen-bond acceptors (Lipinski definition) is 4. The van der Waals surface area contributed by atoms with Crippen molar-refractivity contribution in [3.8, 4) is 17.1 Å². The summed E-state index contributed by atoms with van der Waals surface area (Å²) in [6.45, 7) is 0.962. The van der Waals surface area contributed by atoms with Crippen LogP contribution < -0.4 is 10.1 Å². The molecule has 0 spiro atoms. The van der Waals surface area contributed by atoms with Crippen LogP contribution in [0.25, 0.3) is 11.4 Å². The Kier molecular flexibility index (Phi) is 4.87. The van der Waals surface area contributed by atoms with Crippen molar-refractivity contribution in [3.63, 3.8) is 0 Å². The first-order chi connectivity index (χ1) is 13.3. The van der Waals surface area contributed by atoms with Gasteiger partial charge in [0, 0.05) is 24.2 Å². The third kappa shape index (κ3) is 3.56.